The summed E-state index contributed by atoms with van der Waals surface area (Å²) in [7, 11) is 3.85. The number of benzene rings is 1. The number of carbonyl (C=O) groups excluding carboxylic acids is 1. The number of hydrogen-bond donors (Lipinski definition) is 2. The lowest BCUT2D eigenvalue weighted by molar-refractivity contribution is -0.121. The van der Waals surface area contributed by atoms with Gasteiger partial charge in [-0.15, -0.1) is 0 Å². The Hall–Kier alpha value is -3.92. The first kappa shape index (κ1) is 21.9. The molecule has 5 rings (SSSR count). The first-order valence-electron chi connectivity index (χ1n) is 11.3. The molecule has 0 saturated carbocycles. The minimum Gasteiger partial charge on any atom is -0.480 e. The van der Waals surface area contributed by atoms with Gasteiger partial charge in [0.05, 0.1) is 0 Å². The summed E-state index contributed by atoms with van der Waals surface area (Å²) in [4.78, 5) is 31.7. The Kier molecular flexibility index (Phi) is 5.89. The lowest BCUT2D eigenvalue weighted by Gasteiger charge is -2.34. The number of nitrogens with one attached hydrogen (secondary N) is 2. The maximum absolute atomic E-state index is 11.9. The van der Waals surface area contributed by atoms with Crippen molar-refractivity contribution in [3.8, 4) is 5.75 Å². The van der Waals surface area contributed by atoms with Crippen LogP contribution < -0.4 is 25.2 Å². The van der Waals surface area contributed by atoms with Crippen LogP contribution in [-0.2, 0) is 4.79 Å². The molecule has 1 saturated heterocycles. The maximum atomic E-state index is 11.9. The number of ether oxygens (including phenoxy) is 1. The highest BCUT2D eigenvalue weighted by Crippen LogP contribution is 2.31. The summed E-state index contributed by atoms with van der Waals surface area (Å²) >= 11 is 0. The van der Waals surface area contributed by atoms with Gasteiger partial charge in [0.2, 0.25) is 5.95 Å². The number of likely N-dealkylation sites (N-methyl/N-ethyl adjacent to an activating group) is 2. The van der Waals surface area contributed by atoms with E-state index >= 15 is 0 Å². The SMILES string of the molecule is Cc1cnc(Nc2ccc(N3CCN(C)CC3)cc2)nc1Nc1ccc2c(n1)N(C)C(=O)CO2. The fourth-order valence-electron chi connectivity index (χ4n) is 3.91. The molecule has 10 nitrogen and oxygen atoms in total. The molecule has 0 radical (unpaired) electrons. The largest absolute Gasteiger partial charge is 0.480 e. The molecule has 1 fully saturated rings. The van der Waals surface area contributed by atoms with E-state index < -0.39 is 0 Å². The van der Waals surface area contributed by atoms with Crippen LogP contribution in [0.4, 0.5) is 34.8 Å². The monoisotopic (exact) mass is 460 g/mol. The quantitative estimate of drug-likeness (QED) is 0.595. The van der Waals surface area contributed by atoms with E-state index in [-0.39, 0.29) is 12.5 Å². The summed E-state index contributed by atoms with van der Waals surface area (Å²) in [5.74, 6) is 2.59. The Morgan fingerprint density at radius 1 is 0.941 bits per heavy atom. The summed E-state index contributed by atoms with van der Waals surface area (Å²) in [5.41, 5.74) is 3.00. The molecule has 0 aliphatic carbocycles. The van der Waals surface area contributed by atoms with Crippen molar-refractivity contribution in [2.75, 3.05) is 67.3 Å². The van der Waals surface area contributed by atoms with Crippen LogP contribution in [0, 0.1) is 6.92 Å². The highest BCUT2D eigenvalue weighted by molar-refractivity contribution is 5.96. The minimum absolute atomic E-state index is 0.0222. The van der Waals surface area contributed by atoms with Crippen LogP contribution >= 0.6 is 0 Å². The van der Waals surface area contributed by atoms with Gasteiger partial charge in [-0.2, -0.15) is 4.98 Å². The van der Waals surface area contributed by atoms with Crippen LogP contribution in [0.3, 0.4) is 0 Å². The van der Waals surface area contributed by atoms with Gasteiger partial charge in [-0.3, -0.25) is 9.69 Å². The van der Waals surface area contributed by atoms with Crippen molar-refractivity contribution >= 4 is 40.7 Å². The maximum Gasteiger partial charge on any atom is 0.265 e. The third-order valence-electron chi connectivity index (χ3n) is 6.09. The molecule has 3 aromatic rings. The third-order valence-corrected chi connectivity index (χ3v) is 6.09. The van der Waals surface area contributed by atoms with Crippen molar-refractivity contribution in [1.82, 2.24) is 19.9 Å². The van der Waals surface area contributed by atoms with Crippen LogP contribution in [-0.4, -0.2) is 72.6 Å². The molecule has 0 atom stereocenters. The lowest BCUT2D eigenvalue weighted by atomic mass is 10.2. The Morgan fingerprint density at radius 2 is 1.71 bits per heavy atom. The summed E-state index contributed by atoms with van der Waals surface area (Å²) in [6.07, 6.45) is 1.76. The zero-order valence-corrected chi connectivity index (χ0v) is 19.6. The average molecular weight is 461 g/mol. The van der Waals surface area contributed by atoms with Crippen molar-refractivity contribution < 1.29 is 9.53 Å². The molecule has 10 heteroatoms. The van der Waals surface area contributed by atoms with Gasteiger partial charge in [0.1, 0.15) is 11.6 Å². The number of nitrogens with zero attached hydrogens (tertiary/aromatic N) is 6. The van der Waals surface area contributed by atoms with E-state index in [1.165, 1.54) is 10.6 Å². The average Bonchev–Trinajstić information content (AvgIpc) is 2.85. The standard InChI is InChI=1S/C24H28N8O2/c1-16-14-25-24(26-17-4-6-18(7-5-17)32-12-10-30(2)11-13-32)29-22(16)27-20-9-8-19-23(28-20)31(3)21(33)15-34-19/h4-9,14H,10-13,15H2,1-3H3,(H2,25,26,27,28,29). The van der Waals surface area contributed by atoms with Gasteiger partial charge in [0.15, 0.2) is 18.2 Å². The van der Waals surface area contributed by atoms with Crippen molar-refractivity contribution in [2.24, 2.45) is 0 Å². The number of piperazine rings is 1. The van der Waals surface area contributed by atoms with E-state index in [4.69, 9.17) is 4.74 Å². The van der Waals surface area contributed by atoms with Crippen molar-refractivity contribution in [1.29, 1.82) is 0 Å². The van der Waals surface area contributed by atoms with E-state index in [2.05, 4.69) is 54.6 Å². The third kappa shape index (κ3) is 4.58. The van der Waals surface area contributed by atoms with E-state index in [0.717, 1.165) is 37.4 Å². The predicted octanol–water partition coefficient (Wildman–Crippen LogP) is 2.77. The zero-order valence-electron chi connectivity index (χ0n) is 19.6. The molecule has 176 valence electrons. The molecule has 1 aromatic carbocycles. The normalized spacial score (nSPS) is 16.1. The van der Waals surface area contributed by atoms with Crippen LogP contribution in [0.1, 0.15) is 5.56 Å². The number of hydrogen-bond acceptors (Lipinski definition) is 9. The Balaban J connectivity index is 1.29. The van der Waals surface area contributed by atoms with E-state index in [9.17, 15) is 4.79 Å². The molecule has 0 unspecified atom stereocenters. The molecular weight excluding hydrogens is 432 g/mol. The summed E-state index contributed by atoms with van der Waals surface area (Å²) in [6, 6.07) is 11.9. The highest BCUT2D eigenvalue weighted by Gasteiger charge is 2.24. The Labute approximate surface area is 198 Å². The second kappa shape index (κ2) is 9.14. The highest BCUT2D eigenvalue weighted by atomic mass is 16.5. The summed E-state index contributed by atoms with van der Waals surface area (Å²) in [6.45, 7) is 6.16. The second-order valence-electron chi connectivity index (χ2n) is 8.57. The molecular formula is C24H28N8O2. The number of rotatable bonds is 5. The van der Waals surface area contributed by atoms with Crippen molar-refractivity contribution in [2.45, 2.75) is 6.92 Å². The first-order chi connectivity index (χ1) is 16.5. The van der Waals surface area contributed by atoms with Gasteiger partial charge in [-0.25, -0.2) is 9.97 Å². The number of fused-ring (bicyclic) bond motifs is 1. The summed E-state index contributed by atoms with van der Waals surface area (Å²) < 4.78 is 5.45. The number of aromatic nitrogens is 3. The van der Waals surface area contributed by atoms with Crippen LogP contribution in [0.2, 0.25) is 0 Å². The smallest absolute Gasteiger partial charge is 0.265 e. The van der Waals surface area contributed by atoms with E-state index in [1.54, 1.807) is 25.4 Å². The number of anilines is 6. The van der Waals surface area contributed by atoms with Crippen molar-refractivity contribution in [3.05, 3.63) is 48.2 Å². The van der Waals surface area contributed by atoms with Crippen LogP contribution in [0.5, 0.6) is 5.75 Å². The van der Waals surface area contributed by atoms with Gasteiger partial charge in [0, 0.05) is 56.4 Å². The van der Waals surface area contributed by atoms with Crippen LogP contribution in [0.25, 0.3) is 0 Å². The molecule has 2 N–H and O–H groups in total. The van der Waals surface area contributed by atoms with E-state index in [1.807, 2.05) is 19.1 Å². The predicted molar refractivity (Wildman–Crippen MR) is 133 cm³/mol. The number of pyridine rings is 1. The van der Waals surface area contributed by atoms with E-state index in [0.29, 0.717) is 29.2 Å². The molecule has 2 aliphatic rings. The molecule has 2 aliphatic heterocycles. The molecule has 0 spiro atoms. The summed E-state index contributed by atoms with van der Waals surface area (Å²) in [5, 5.41) is 6.51. The Bertz CT molecular complexity index is 1190. The minimum atomic E-state index is -0.138. The lowest BCUT2D eigenvalue weighted by Crippen LogP contribution is -2.44. The van der Waals surface area contributed by atoms with Gasteiger partial charge < -0.3 is 25.2 Å². The van der Waals surface area contributed by atoms with Gasteiger partial charge in [-0.05, 0) is 50.4 Å². The number of amides is 1. The topological polar surface area (TPSA) is 98.8 Å². The molecule has 2 aromatic heterocycles. The number of carbonyl (C=O) groups is 1. The second-order valence-corrected chi connectivity index (χ2v) is 8.57. The van der Waals surface area contributed by atoms with Crippen LogP contribution in [0.15, 0.2) is 42.6 Å². The van der Waals surface area contributed by atoms with Gasteiger partial charge >= 0.3 is 0 Å². The van der Waals surface area contributed by atoms with Crippen molar-refractivity contribution in [3.63, 3.8) is 0 Å². The molecule has 1 amide bonds. The number of aryl methyl sites for hydroxylation is 1. The molecule has 0 bridgehead atoms. The first-order valence-corrected chi connectivity index (χ1v) is 11.3. The van der Waals surface area contributed by atoms with Gasteiger partial charge in [-0.1, -0.05) is 0 Å². The van der Waals surface area contributed by atoms with Gasteiger partial charge in [0.25, 0.3) is 5.91 Å². The molecule has 34 heavy (non-hydrogen) atoms. The fraction of sp³-hybridized carbons (Fsp3) is 0.333. The zero-order chi connectivity index (χ0) is 23.7. The molecule has 4 heterocycles. The Morgan fingerprint density at radius 3 is 2.47 bits per heavy atom. The fourth-order valence-corrected chi connectivity index (χ4v) is 3.91.